The molecule has 8 rings (SSSR count). The number of benzene rings is 5. The Morgan fingerprint density at radius 2 is 1.13 bits per heavy atom. The van der Waals surface area contributed by atoms with Gasteiger partial charge in [0.15, 0.2) is 0 Å². The van der Waals surface area contributed by atoms with Crippen LogP contribution in [-0.2, 0) is 22.7 Å². The molecule has 2 aromatic heterocycles. The average molecular weight is 931 g/mol. The first-order valence-corrected chi connectivity index (χ1v) is 23.0. The Morgan fingerprint density at radius 3 is 1.59 bits per heavy atom. The van der Waals surface area contributed by atoms with Crippen molar-refractivity contribution in [3.8, 4) is 4.37 Å². The first-order valence-electron chi connectivity index (χ1n) is 18.3. The van der Waals surface area contributed by atoms with Crippen LogP contribution in [0.1, 0.15) is 34.7 Å². The summed E-state index contributed by atoms with van der Waals surface area (Å²) in [5.74, 6) is 0. The Bertz CT molecular complexity index is 2620. The van der Waals surface area contributed by atoms with Crippen LogP contribution in [0, 0.1) is 18.2 Å². The van der Waals surface area contributed by atoms with E-state index in [9.17, 15) is 0 Å². The molecular formula is C49H41OOsPS2+. The predicted octanol–water partition coefficient (Wildman–Crippen LogP) is 12.6. The maximum absolute atomic E-state index is 6.04. The van der Waals surface area contributed by atoms with Crippen molar-refractivity contribution < 1.29 is 22.7 Å². The first kappa shape index (κ1) is 36.7. The Hall–Kier alpha value is -4.21. The molecule has 0 N–H and O–H groups in total. The summed E-state index contributed by atoms with van der Waals surface area (Å²) in [4.78, 5) is 2.53. The summed E-state index contributed by atoms with van der Waals surface area (Å²) < 4.78 is 12.7. The van der Waals surface area contributed by atoms with Crippen LogP contribution < -0.4 is 15.9 Å². The van der Waals surface area contributed by atoms with Crippen molar-refractivity contribution in [2.75, 3.05) is 13.2 Å². The molecule has 3 heterocycles. The molecule has 5 aromatic carbocycles. The number of hydrogen-bond donors (Lipinski definition) is 0. The minimum absolute atomic E-state index is 0.599. The van der Waals surface area contributed by atoms with Crippen molar-refractivity contribution in [2.24, 2.45) is 0 Å². The number of thiophene rings is 2. The van der Waals surface area contributed by atoms with E-state index in [0.717, 1.165) is 0 Å². The zero-order valence-electron chi connectivity index (χ0n) is 30.9. The van der Waals surface area contributed by atoms with Gasteiger partial charge in [-0.05, 0) is 13.8 Å². The van der Waals surface area contributed by atoms with Crippen LogP contribution in [0.15, 0.2) is 162 Å². The molecule has 0 aliphatic carbocycles. The van der Waals surface area contributed by atoms with E-state index >= 15 is 0 Å². The van der Waals surface area contributed by atoms with E-state index in [4.69, 9.17) is 4.74 Å². The van der Waals surface area contributed by atoms with E-state index in [-0.39, 0.29) is 0 Å². The third-order valence-corrected chi connectivity index (χ3v) is 18.2. The Morgan fingerprint density at radius 1 is 0.648 bits per heavy atom. The predicted molar refractivity (Wildman–Crippen MR) is 237 cm³/mol. The van der Waals surface area contributed by atoms with Gasteiger partial charge < -0.3 is 0 Å². The van der Waals surface area contributed by atoms with Crippen molar-refractivity contribution in [1.82, 2.24) is 0 Å². The van der Waals surface area contributed by atoms with Crippen LogP contribution in [0.2, 0.25) is 0 Å². The third kappa shape index (κ3) is 6.61. The first-order chi connectivity index (χ1) is 26.5. The maximum atomic E-state index is 6.04. The van der Waals surface area contributed by atoms with Crippen LogP contribution in [-0.4, -0.2) is 13.2 Å². The van der Waals surface area contributed by atoms with Crippen LogP contribution in [0.25, 0.3) is 43.1 Å². The zero-order valence-corrected chi connectivity index (χ0v) is 35.9. The standard InChI is InChI=1S/C49H41OPS2.Os/c1-6-17-42-29-46-44-26-33(3)34(4)27-45(44)47-30-43(53-49(47)48(46)52-42)25-24-37(28-38-32-50-31-36(38)7-2)35(5)51(39-18-11-8-12-19-39,40-20-13-9-14-21-40)41-22-15-10-16-23-41;/h6-30H,31-32H2,1-4H3;/q+1;/b17-6+,25-24+,36-7?,37-35?,38-28?;. The fourth-order valence-corrected chi connectivity index (χ4v) is 15.9. The molecule has 0 radical (unpaired) electrons. The second kappa shape index (κ2) is 15.9. The minimum atomic E-state index is -2.42. The fourth-order valence-electron chi connectivity index (χ4n) is 7.66. The summed E-state index contributed by atoms with van der Waals surface area (Å²) in [6, 6.07) is 42.9. The van der Waals surface area contributed by atoms with E-state index in [1.807, 2.05) is 40.6 Å². The fraction of sp³-hybridized carbons (Fsp3) is 0.122. The van der Waals surface area contributed by atoms with E-state index in [1.54, 1.807) is 0 Å². The molecule has 1 saturated heterocycles. The van der Waals surface area contributed by atoms with E-state index < -0.39 is 7.26 Å². The number of fused-ring (bicyclic) bond motifs is 6. The molecule has 0 unspecified atom stereocenters. The number of rotatable bonds is 8. The summed E-state index contributed by atoms with van der Waals surface area (Å²) in [5.41, 5.74) is 6.30. The zero-order chi connectivity index (χ0) is 37.2. The van der Waals surface area contributed by atoms with E-state index in [2.05, 4.69) is 184 Å². The van der Waals surface area contributed by atoms with Gasteiger partial charge in [-0.1, -0.05) is 6.08 Å². The number of aryl methyl sites for hydroxylation is 2. The molecule has 1 nitrogen and oxygen atoms in total. The van der Waals surface area contributed by atoms with Gasteiger partial charge in [-0.2, -0.15) is 0 Å². The summed E-state index contributed by atoms with van der Waals surface area (Å²) >= 11 is 5.63. The molecule has 54 heavy (non-hydrogen) atoms. The number of ether oxygens (including phenoxy) is 1. The summed E-state index contributed by atoms with van der Waals surface area (Å²) in [5, 5.41) is 10.5. The molecule has 267 valence electrons. The molecule has 0 amide bonds. The second-order valence-electron chi connectivity index (χ2n) is 13.6. The van der Waals surface area contributed by atoms with Crippen molar-refractivity contribution >= 4 is 88.9 Å². The van der Waals surface area contributed by atoms with Crippen LogP contribution in [0.3, 0.4) is 0 Å². The van der Waals surface area contributed by atoms with Gasteiger partial charge in [0, 0.05) is 0 Å². The van der Waals surface area contributed by atoms with Crippen molar-refractivity contribution in [3.63, 3.8) is 0 Å². The van der Waals surface area contributed by atoms with Gasteiger partial charge in [0.1, 0.15) is 0 Å². The molecule has 1 aliphatic rings. The summed E-state index contributed by atoms with van der Waals surface area (Å²) in [7, 11) is -2.42. The molecule has 7 aromatic rings. The topological polar surface area (TPSA) is 9.23 Å². The number of hydrogen-bond acceptors (Lipinski definition) is 3. The molecule has 1 aliphatic heterocycles. The monoisotopic (exact) mass is 932 g/mol. The van der Waals surface area contributed by atoms with E-state index in [1.165, 1.54) is 89.8 Å². The van der Waals surface area contributed by atoms with Crippen LogP contribution in [0.5, 0.6) is 0 Å². The Balaban J connectivity index is 1.43. The number of allylic oxidation sites excluding steroid dienone is 6. The van der Waals surface area contributed by atoms with Crippen molar-refractivity contribution in [2.45, 2.75) is 27.7 Å². The van der Waals surface area contributed by atoms with Crippen molar-refractivity contribution in [1.29, 1.82) is 0 Å². The van der Waals surface area contributed by atoms with Gasteiger partial charge in [0.25, 0.3) is 0 Å². The molecule has 5 heteroatoms. The summed E-state index contributed by atoms with van der Waals surface area (Å²) in [6.45, 7) is 9.91. The van der Waals surface area contributed by atoms with Gasteiger partial charge in [0.2, 0.25) is 0 Å². The molecule has 0 saturated carbocycles. The van der Waals surface area contributed by atoms with Crippen LogP contribution in [0.4, 0.5) is 0 Å². The average Bonchev–Trinajstić information content (AvgIpc) is 3.96. The van der Waals surface area contributed by atoms with Gasteiger partial charge in [-0.3, -0.25) is 0 Å². The van der Waals surface area contributed by atoms with Crippen LogP contribution >= 0.6 is 29.9 Å². The van der Waals surface area contributed by atoms with Gasteiger partial charge >= 0.3 is 319 Å². The molecular weight excluding hydrogens is 890 g/mol. The summed E-state index contributed by atoms with van der Waals surface area (Å²) in [6.07, 6.45) is 13.7. The molecule has 0 bridgehead atoms. The van der Waals surface area contributed by atoms with Gasteiger partial charge in [-0.25, -0.2) is 0 Å². The third-order valence-electron chi connectivity index (χ3n) is 10.4. The molecule has 0 spiro atoms. The SMILES string of the molecule is CC=C1COCC1=CC(/C=C/c1cc2c3cc(C)c(C)cc3c3cc(/C=C/C)sc3c2s1)=C([C]#[Os])[P+](c1ccccc1)(c1ccccc1)c1ccccc1. The second-order valence-corrected chi connectivity index (χ2v) is 19.8. The normalized spacial score (nSPS) is 15.8. The quantitative estimate of drug-likeness (QED) is 0.109. The van der Waals surface area contributed by atoms with Crippen molar-refractivity contribution in [3.05, 3.63) is 182 Å². The van der Waals surface area contributed by atoms with Gasteiger partial charge in [0.05, 0.1) is 0 Å². The van der Waals surface area contributed by atoms with Gasteiger partial charge in [-0.15, -0.1) is 0 Å². The molecule has 0 atom stereocenters. The molecule has 1 fully saturated rings. The Kier molecular flexibility index (Phi) is 10.8. The van der Waals surface area contributed by atoms with E-state index in [0.29, 0.717) is 13.2 Å². The Labute approximate surface area is 337 Å².